The smallest absolute Gasteiger partial charge is 0.326 e. The van der Waals surface area contributed by atoms with Crippen LogP contribution in [0.2, 0.25) is 0 Å². The molecule has 1 rings (SSSR count). The van der Waals surface area contributed by atoms with Crippen molar-refractivity contribution in [3.8, 4) is 0 Å². The number of hydrogen-bond donors (Lipinski definition) is 2. The summed E-state index contributed by atoms with van der Waals surface area (Å²) in [4.78, 5) is 23.4. The van der Waals surface area contributed by atoms with E-state index in [0.717, 1.165) is 30.8 Å². The fourth-order valence-corrected chi connectivity index (χ4v) is 2.42. The largest absolute Gasteiger partial charge is 0.480 e. The average molecular weight is 280 g/mol. The third-order valence-electron chi connectivity index (χ3n) is 3.58. The zero-order valence-corrected chi connectivity index (χ0v) is 12.7. The molecule has 5 heteroatoms. The topological polar surface area (TPSA) is 71.3 Å². The molecular formula is C15H24N2O3. The molecule has 20 heavy (non-hydrogen) atoms. The molecule has 0 saturated heterocycles. The molecule has 1 amide bonds. The third kappa shape index (κ3) is 3.62. The highest BCUT2D eigenvalue weighted by Gasteiger charge is 2.22. The van der Waals surface area contributed by atoms with Gasteiger partial charge in [-0.1, -0.05) is 19.8 Å². The van der Waals surface area contributed by atoms with Crippen molar-refractivity contribution in [1.29, 1.82) is 0 Å². The monoisotopic (exact) mass is 280 g/mol. The number of hydrogen-bond acceptors (Lipinski definition) is 2. The number of carboxylic acid groups (broad SMARTS) is 1. The summed E-state index contributed by atoms with van der Waals surface area (Å²) in [7, 11) is 0. The second-order valence-corrected chi connectivity index (χ2v) is 5.04. The lowest BCUT2D eigenvalue weighted by atomic mass is 10.1. The van der Waals surface area contributed by atoms with Crippen LogP contribution in [0.15, 0.2) is 6.07 Å². The lowest BCUT2D eigenvalue weighted by molar-refractivity contribution is -0.139. The lowest BCUT2D eigenvalue weighted by Gasteiger charge is -2.14. The Labute approximate surface area is 120 Å². The van der Waals surface area contributed by atoms with E-state index in [1.54, 1.807) is 0 Å². The Hall–Kier alpha value is -1.78. The zero-order chi connectivity index (χ0) is 15.3. The van der Waals surface area contributed by atoms with Gasteiger partial charge in [0.25, 0.3) is 5.91 Å². The molecule has 0 saturated carbocycles. The predicted octanol–water partition coefficient (Wildman–Crippen LogP) is 2.50. The van der Waals surface area contributed by atoms with Gasteiger partial charge in [-0.05, 0) is 33.3 Å². The van der Waals surface area contributed by atoms with E-state index < -0.39 is 12.0 Å². The molecule has 2 N–H and O–H groups in total. The van der Waals surface area contributed by atoms with Crippen LogP contribution in [0, 0.1) is 13.8 Å². The van der Waals surface area contributed by atoms with Gasteiger partial charge in [0.1, 0.15) is 6.04 Å². The molecule has 1 heterocycles. The summed E-state index contributed by atoms with van der Waals surface area (Å²) in [5.74, 6) is -1.28. The number of aliphatic carboxylic acids is 1. The number of carboxylic acids is 1. The number of carbonyl (C=O) groups is 2. The van der Waals surface area contributed by atoms with Gasteiger partial charge in [-0.2, -0.15) is 0 Å². The van der Waals surface area contributed by atoms with E-state index >= 15 is 0 Å². The van der Waals surface area contributed by atoms with Crippen molar-refractivity contribution in [2.45, 2.75) is 59.5 Å². The predicted molar refractivity (Wildman–Crippen MR) is 78.0 cm³/mol. The first-order valence-corrected chi connectivity index (χ1v) is 7.12. The van der Waals surface area contributed by atoms with E-state index in [2.05, 4.69) is 5.32 Å². The molecule has 0 fully saturated rings. The molecule has 1 atom stereocenters. The lowest BCUT2D eigenvalue weighted by Crippen LogP contribution is -2.40. The maximum absolute atomic E-state index is 12.2. The van der Waals surface area contributed by atoms with Crippen LogP contribution in [0.25, 0.3) is 0 Å². The Bertz CT molecular complexity index is 492. The zero-order valence-electron chi connectivity index (χ0n) is 12.7. The number of nitrogens with one attached hydrogen (secondary N) is 1. The number of aryl methyl sites for hydroxylation is 1. The van der Waals surface area contributed by atoms with Crippen molar-refractivity contribution in [2.75, 3.05) is 0 Å². The molecule has 0 aliphatic rings. The van der Waals surface area contributed by atoms with Crippen molar-refractivity contribution in [3.05, 3.63) is 23.0 Å². The van der Waals surface area contributed by atoms with Crippen molar-refractivity contribution in [2.24, 2.45) is 0 Å². The summed E-state index contributed by atoms with van der Waals surface area (Å²) >= 11 is 0. The van der Waals surface area contributed by atoms with Crippen molar-refractivity contribution in [1.82, 2.24) is 9.88 Å². The summed E-state index contributed by atoms with van der Waals surface area (Å²) in [6.45, 7) is 8.63. The number of rotatable bonds is 7. The summed E-state index contributed by atoms with van der Waals surface area (Å²) in [5, 5.41) is 11.8. The summed E-state index contributed by atoms with van der Waals surface area (Å²) < 4.78 is 2.04. The van der Waals surface area contributed by atoms with E-state index in [1.165, 1.54) is 0 Å². The SMILES string of the molecule is CCCCC(NC(=O)c1cc(C)n(CC)c1C)C(=O)O. The highest BCUT2D eigenvalue weighted by atomic mass is 16.4. The molecule has 1 unspecified atom stereocenters. The van der Waals surface area contributed by atoms with Crippen LogP contribution in [0.1, 0.15) is 54.9 Å². The normalized spacial score (nSPS) is 12.2. The van der Waals surface area contributed by atoms with Gasteiger partial charge in [-0.3, -0.25) is 4.79 Å². The third-order valence-corrected chi connectivity index (χ3v) is 3.58. The number of carbonyl (C=O) groups excluding carboxylic acids is 1. The summed E-state index contributed by atoms with van der Waals surface area (Å²) in [5.41, 5.74) is 2.45. The Morgan fingerprint density at radius 1 is 1.35 bits per heavy atom. The minimum atomic E-state index is -0.976. The Morgan fingerprint density at radius 2 is 2.00 bits per heavy atom. The van der Waals surface area contributed by atoms with Crippen molar-refractivity contribution >= 4 is 11.9 Å². The minimum Gasteiger partial charge on any atom is -0.480 e. The van der Waals surface area contributed by atoms with E-state index in [-0.39, 0.29) is 5.91 Å². The van der Waals surface area contributed by atoms with Gasteiger partial charge in [0.05, 0.1) is 5.56 Å². The Kier molecular flexibility index (Phi) is 5.80. The molecule has 0 aliphatic carbocycles. The quantitative estimate of drug-likeness (QED) is 0.806. The molecule has 1 aromatic rings. The van der Waals surface area contributed by atoms with Gasteiger partial charge in [0.2, 0.25) is 0 Å². The Morgan fingerprint density at radius 3 is 2.45 bits per heavy atom. The summed E-state index contributed by atoms with van der Waals surface area (Å²) in [6, 6.07) is 1.000. The maximum Gasteiger partial charge on any atom is 0.326 e. The van der Waals surface area contributed by atoms with Crippen LogP contribution in [0.3, 0.4) is 0 Å². The van der Waals surface area contributed by atoms with Crippen LogP contribution >= 0.6 is 0 Å². The van der Waals surface area contributed by atoms with Crippen molar-refractivity contribution in [3.63, 3.8) is 0 Å². The summed E-state index contributed by atoms with van der Waals surface area (Å²) in [6.07, 6.45) is 2.15. The van der Waals surface area contributed by atoms with Gasteiger partial charge < -0.3 is 15.0 Å². The number of amides is 1. The highest BCUT2D eigenvalue weighted by Crippen LogP contribution is 2.15. The first-order chi connectivity index (χ1) is 9.42. The molecule has 0 spiro atoms. The molecule has 1 aromatic heterocycles. The van der Waals surface area contributed by atoms with Crippen molar-refractivity contribution < 1.29 is 14.7 Å². The fraction of sp³-hybridized carbons (Fsp3) is 0.600. The van der Waals surface area contributed by atoms with E-state index in [9.17, 15) is 9.59 Å². The van der Waals surface area contributed by atoms with Crippen LogP contribution in [0.4, 0.5) is 0 Å². The van der Waals surface area contributed by atoms with Crippen LogP contribution < -0.4 is 5.32 Å². The highest BCUT2D eigenvalue weighted by molar-refractivity contribution is 5.97. The van der Waals surface area contributed by atoms with Gasteiger partial charge in [0, 0.05) is 17.9 Å². The molecule has 0 aromatic carbocycles. The second-order valence-electron chi connectivity index (χ2n) is 5.04. The molecule has 0 bridgehead atoms. The average Bonchev–Trinajstić information content (AvgIpc) is 2.68. The van der Waals surface area contributed by atoms with Gasteiger partial charge >= 0.3 is 5.97 Å². The molecular weight excluding hydrogens is 256 g/mol. The van der Waals surface area contributed by atoms with Crippen LogP contribution in [-0.2, 0) is 11.3 Å². The van der Waals surface area contributed by atoms with Gasteiger partial charge in [0.15, 0.2) is 0 Å². The maximum atomic E-state index is 12.2. The molecule has 5 nitrogen and oxygen atoms in total. The van der Waals surface area contributed by atoms with Gasteiger partial charge in [-0.25, -0.2) is 4.79 Å². The number of nitrogens with zero attached hydrogens (tertiary/aromatic N) is 1. The van der Waals surface area contributed by atoms with Gasteiger partial charge in [-0.15, -0.1) is 0 Å². The minimum absolute atomic E-state index is 0.304. The standard InChI is InChI=1S/C15H24N2O3/c1-5-7-8-13(15(19)20)16-14(18)12-9-10(3)17(6-2)11(12)4/h9,13H,5-8H2,1-4H3,(H,16,18)(H,19,20). The van der Waals surface area contributed by atoms with E-state index in [1.807, 2.05) is 38.3 Å². The first kappa shape index (κ1) is 16.3. The fourth-order valence-electron chi connectivity index (χ4n) is 2.42. The molecule has 0 aliphatic heterocycles. The molecule has 0 radical (unpaired) electrons. The van der Waals surface area contributed by atoms with Crippen LogP contribution in [-0.4, -0.2) is 27.6 Å². The second kappa shape index (κ2) is 7.12. The van der Waals surface area contributed by atoms with Crippen LogP contribution in [0.5, 0.6) is 0 Å². The molecule has 112 valence electrons. The number of unbranched alkanes of at least 4 members (excludes halogenated alkanes) is 1. The number of aromatic nitrogens is 1. The van der Waals surface area contributed by atoms with E-state index in [0.29, 0.717) is 12.0 Å². The van der Waals surface area contributed by atoms with E-state index in [4.69, 9.17) is 5.11 Å². The first-order valence-electron chi connectivity index (χ1n) is 7.12. The Balaban J connectivity index is 2.86.